The summed E-state index contributed by atoms with van der Waals surface area (Å²) in [6.07, 6.45) is 7.98. The highest BCUT2D eigenvalue weighted by molar-refractivity contribution is 5.74. The standard InChI is InChI=1S/C24H31N/c1-18-12-13-20-17-19-8-4-5-11-22(19)25(23(20)16-18)15-7-10-21-9-6-14-24(21,2)3/h4-5,8,11-13,16,21H,6-7,9-10,14-15,17H2,1-3H3. The third kappa shape index (κ3) is 3.21. The molecule has 4 rings (SSSR count). The second-order valence-corrected chi connectivity index (χ2v) is 8.81. The van der Waals surface area contributed by atoms with Gasteiger partial charge in [0.05, 0.1) is 0 Å². The van der Waals surface area contributed by atoms with Gasteiger partial charge in [0.25, 0.3) is 0 Å². The zero-order valence-corrected chi connectivity index (χ0v) is 16.0. The van der Waals surface area contributed by atoms with E-state index in [0.717, 1.165) is 18.9 Å². The molecule has 0 aromatic heterocycles. The lowest BCUT2D eigenvalue weighted by Crippen LogP contribution is -2.26. The molecule has 0 spiro atoms. The molecule has 1 heterocycles. The van der Waals surface area contributed by atoms with Gasteiger partial charge in [0.15, 0.2) is 0 Å². The topological polar surface area (TPSA) is 3.24 Å². The summed E-state index contributed by atoms with van der Waals surface area (Å²) in [5, 5.41) is 0. The van der Waals surface area contributed by atoms with Crippen LogP contribution in [0.3, 0.4) is 0 Å². The Labute approximate surface area is 153 Å². The Bertz CT molecular complexity index is 758. The maximum atomic E-state index is 2.59. The van der Waals surface area contributed by atoms with E-state index in [-0.39, 0.29) is 0 Å². The summed E-state index contributed by atoms with van der Waals surface area (Å²) in [6.45, 7) is 8.29. The van der Waals surface area contributed by atoms with Gasteiger partial charge in [-0.15, -0.1) is 0 Å². The van der Waals surface area contributed by atoms with Gasteiger partial charge in [0, 0.05) is 24.3 Å². The molecule has 0 amide bonds. The van der Waals surface area contributed by atoms with Crippen LogP contribution in [-0.4, -0.2) is 6.54 Å². The summed E-state index contributed by atoms with van der Waals surface area (Å²) in [6, 6.07) is 15.9. The van der Waals surface area contributed by atoms with Gasteiger partial charge in [-0.05, 0) is 72.8 Å². The van der Waals surface area contributed by atoms with Crippen LogP contribution in [0.25, 0.3) is 0 Å². The minimum absolute atomic E-state index is 0.550. The highest BCUT2D eigenvalue weighted by Crippen LogP contribution is 2.45. The number of anilines is 2. The smallest absolute Gasteiger partial charge is 0.0449 e. The minimum Gasteiger partial charge on any atom is -0.341 e. The summed E-state index contributed by atoms with van der Waals surface area (Å²) in [7, 11) is 0. The molecule has 1 nitrogen and oxygen atoms in total. The molecule has 1 unspecified atom stereocenters. The quantitative estimate of drug-likeness (QED) is 0.606. The van der Waals surface area contributed by atoms with Crippen molar-refractivity contribution in [3.05, 3.63) is 59.2 Å². The van der Waals surface area contributed by atoms with E-state index in [4.69, 9.17) is 0 Å². The van der Waals surface area contributed by atoms with Crippen LogP contribution < -0.4 is 4.90 Å². The minimum atomic E-state index is 0.550. The SMILES string of the molecule is Cc1ccc2c(c1)N(CCCC1CCCC1(C)C)c1ccccc1C2. The monoisotopic (exact) mass is 333 g/mol. The van der Waals surface area contributed by atoms with Crippen molar-refractivity contribution in [2.24, 2.45) is 11.3 Å². The van der Waals surface area contributed by atoms with Crippen LogP contribution in [-0.2, 0) is 6.42 Å². The van der Waals surface area contributed by atoms with Crippen molar-refractivity contribution in [2.75, 3.05) is 11.4 Å². The molecular formula is C24H31N. The van der Waals surface area contributed by atoms with E-state index in [2.05, 4.69) is 68.1 Å². The first kappa shape index (κ1) is 16.7. The third-order valence-electron chi connectivity index (χ3n) is 6.61. The Morgan fingerprint density at radius 2 is 1.84 bits per heavy atom. The molecule has 1 aliphatic heterocycles. The molecule has 1 aliphatic carbocycles. The van der Waals surface area contributed by atoms with Gasteiger partial charge in [0.2, 0.25) is 0 Å². The Kier molecular flexibility index (Phi) is 4.35. The fraction of sp³-hybridized carbons (Fsp3) is 0.500. The van der Waals surface area contributed by atoms with E-state index in [1.807, 2.05) is 0 Å². The normalized spacial score (nSPS) is 21.1. The van der Waals surface area contributed by atoms with Crippen molar-refractivity contribution in [3.8, 4) is 0 Å². The summed E-state index contributed by atoms with van der Waals surface area (Å²) in [5.41, 5.74) is 7.72. The number of benzene rings is 2. The average molecular weight is 334 g/mol. The third-order valence-corrected chi connectivity index (χ3v) is 6.61. The highest BCUT2D eigenvalue weighted by Gasteiger charge is 2.34. The maximum Gasteiger partial charge on any atom is 0.0449 e. The number of nitrogens with zero attached hydrogens (tertiary/aromatic N) is 1. The van der Waals surface area contributed by atoms with E-state index < -0.39 is 0 Å². The van der Waals surface area contributed by atoms with Gasteiger partial charge in [-0.1, -0.05) is 50.6 Å². The molecule has 0 saturated heterocycles. The van der Waals surface area contributed by atoms with E-state index >= 15 is 0 Å². The molecule has 1 fully saturated rings. The van der Waals surface area contributed by atoms with E-state index in [1.165, 1.54) is 60.2 Å². The molecule has 2 aliphatic rings. The van der Waals surface area contributed by atoms with Crippen molar-refractivity contribution in [1.29, 1.82) is 0 Å². The lowest BCUT2D eigenvalue weighted by atomic mass is 9.79. The summed E-state index contributed by atoms with van der Waals surface area (Å²) in [5.74, 6) is 0.907. The first-order chi connectivity index (χ1) is 12.0. The zero-order chi connectivity index (χ0) is 17.4. The lowest BCUT2D eigenvalue weighted by Gasteiger charge is -2.34. The first-order valence-electron chi connectivity index (χ1n) is 9.99. The van der Waals surface area contributed by atoms with Gasteiger partial charge in [-0.3, -0.25) is 0 Å². The van der Waals surface area contributed by atoms with Gasteiger partial charge in [-0.25, -0.2) is 0 Å². The van der Waals surface area contributed by atoms with E-state index in [9.17, 15) is 0 Å². The second-order valence-electron chi connectivity index (χ2n) is 8.81. The number of para-hydroxylation sites is 1. The zero-order valence-electron chi connectivity index (χ0n) is 16.0. The molecule has 1 heteroatoms. The van der Waals surface area contributed by atoms with Crippen LogP contribution in [0.15, 0.2) is 42.5 Å². The highest BCUT2D eigenvalue weighted by atomic mass is 15.1. The predicted octanol–water partition coefficient (Wildman–Crippen LogP) is 6.64. The predicted molar refractivity (Wildman–Crippen MR) is 108 cm³/mol. The fourth-order valence-electron chi connectivity index (χ4n) is 5.00. The molecule has 1 atom stereocenters. The van der Waals surface area contributed by atoms with Gasteiger partial charge in [-0.2, -0.15) is 0 Å². The van der Waals surface area contributed by atoms with Crippen molar-refractivity contribution in [1.82, 2.24) is 0 Å². The number of hydrogen-bond acceptors (Lipinski definition) is 1. The molecule has 1 saturated carbocycles. The molecule has 0 N–H and O–H groups in total. The molecule has 25 heavy (non-hydrogen) atoms. The van der Waals surface area contributed by atoms with Crippen molar-refractivity contribution >= 4 is 11.4 Å². The summed E-state index contributed by atoms with van der Waals surface area (Å²) >= 11 is 0. The average Bonchev–Trinajstić information content (AvgIpc) is 2.93. The van der Waals surface area contributed by atoms with Crippen LogP contribution in [0.1, 0.15) is 62.6 Å². The summed E-state index contributed by atoms with van der Waals surface area (Å²) in [4.78, 5) is 2.59. The number of rotatable bonds is 4. The number of aryl methyl sites for hydroxylation is 1. The van der Waals surface area contributed by atoms with Crippen molar-refractivity contribution in [3.63, 3.8) is 0 Å². The van der Waals surface area contributed by atoms with Crippen molar-refractivity contribution < 1.29 is 0 Å². The molecule has 132 valence electrons. The second kappa shape index (κ2) is 6.52. The van der Waals surface area contributed by atoms with Crippen LogP contribution in [0.5, 0.6) is 0 Å². The molecule has 2 aromatic carbocycles. The number of fused-ring (bicyclic) bond motifs is 2. The van der Waals surface area contributed by atoms with Crippen LogP contribution in [0.4, 0.5) is 11.4 Å². The van der Waals surface area contributed by atoms with Crippen LogP contribution in [0, 0.1) is 18.3 Å². The van der Waals surface area contributed by atoms with Gasteiger partial charge in [0.1, 0.15) is 0 Å². The molecule has 2 aromatic rings. The first-order valence-corrected chi connectivity index (χ1v) is 9.99. The number of hydrogen-bond donors (Lipinski definition) is 0. The molecular weight excluding hydrogens is 302 g/mol. The fourth-order valence-corrected chi connectivity index (χ4v) is 5.00. The van der Waals surface area contributed by atoms with Gasteiger partial charge >= 0.3 is 0 Å². The van der Waals surface area contributed by atoms with E-state index in [0.29, 0.717) is 5.41 Å². The Hall–Kier alpha value is -1.76. The van der Waals surface area contributed by atoms with Crippen LogP contribution in [0.2, 0.25) is 0 Å². The molecule has 0 bridgehead atoms. The lowest BCUT2D eigenvalue weighted by molar-refractivity contribution is 0.242. The maximum absolute atomic E-state index is 2.59. The van der Waals surface area contributed by atoms with Gasteiger partial charge < -0.3 is 4.90 Å². The van der Waals surface area contributed by atoms with Crippen LogP contribution >= 0.6 is 0 Å². The Morgan fingerprint density at radius 3 is 2.64 bits per heavy atom. The largest absolute Gasteiger partial charge is 0.341 e. The van der Waals surface area contributed by atoms with E-state index in [1.54, 1.807) is 0 Å². The summed E-state index contributed by atoms with van der Waals surface area (Å²) < 4.78 is 0. The Morgan fingerprint density at radius 1 is 1.04 bits per heavy atom. The molecule has 0 radical (unpaired) electrons. The Balaban J connectivity index is 1.55. The van der Waals surface area contributed by atoms with Crippen molar-refractivity contribution in [2.45, 2.75) is 59.3 Å².